The van der Waals surface area contributed by atoms with Crippen LogP contribution in [0.2, 0.25) is 0 Å². The summed E-state index contributed by atoms with van der Waals surface area (Å²) < 4.78 is 5.21. The molecule has 0 aliphatic carbocycles. The maximum absolute atomic E-state index is 12.0. The topological polar surface area (TPSA) is 90.9 Å². The van der Waals surface area contributed by atoms with Crippen molar-refractivity contribution >= 4 is 12.0 Å². The molecule has 0 fully saturated rings. The van der Waals surface area contributed by atoms with Gasteiger partial charge >= 0.3 is 6.09 Å². The Morgan fingerprint density at radius 2 is 1.45 bits per heavy atom. The number of carbonyl (C=O) groups is 2. The molecule has 7 nitrogen and oxygen atoms in total. The monoisotopic (exact) mass is 572 g/mol. The summed E-state index contributed by atoms with van der Waals surface area (Å²) in [5.74, 6) is 0.131. The highest BCUT2D eigenvalue weighted by atomic mass is 16.6. The van der Waals surface area contributed by atoms with E-state index in [4.69, 9.17) is 4.74 Å². The zero-order valence-electron chi connectivity index (χ0n) is 28.1. The minimum absolute atomic E-state index is 0.131. The van der Waals surface area contributed by atoms with Gasteiger partial charge in [-0.1, -0.05) is 91.7 Å². The Morgan fingerprint density at radius 3 is 2.10 bits per heavy atom. The maximum atomic E-state index is 12.0. The van der Waals surface area contributed by atoms with Crippen molar-refractivity contribution in [2.45, 2.75) is 157 Å². The molecule has 0 saturated heterocycles. The third-order valence-corrected chi connectivity index (χ3v) is 5.94. The molecule has 2 amide bonds. The summed E-state index contributed by atoms with van der Waals surface area (Å²) in [4.78, 5) is 25.8. The number of amides is 2. The molecule has 7 heteroatoms. The van der Waals surface area contributed by atoms with E-state index in [-0.39, 0.29) is 18.1 Å². The smallest absolute Gasteiger partial charge is 0.407 e. The minimum Gasteiger partial charge on any atom is -0.444 e. The molecule has 0 saturated carbocycles. The van der Waals surface area contributed by atoms with E-state index in [0.717, 1.165) is 58.0 Å². The predicted octanol–water partition coefficient (Wildman–Crippen LogP) is 8.01. The summed E-state index contributed by atoms with van der Waals surface area (Å²) >= 11 is 0. The van der Waals surface area contributed by atoms with Crippen LogP contribution in [0.25, 0.3) is 0 Å². The van der Waals surface area contributed by atoms with Crippen LogP contribution in [-0.2, 0) is 9.53 Å². The van der Waals surface area contributed by atoms with Gasteiger partial charge in [0.1, 0.15) is 5.60 Å². The summed E-state index contributed by atoms with van der Waals surface area (Å²) in [6, 6.07) is 0. The number of aliphatic hydroxyl groups is 1. The van der Waals surface area contributed by atoms with Crippen LogP contribution in [0.3, 0.4) is 0 Å². The van der Waals surface area contributed by atoms with E-state index in [1.807, 2.05) is 55.5 Å². The largest absolute Gasteiger partial charge is 0.444 e. The third kappa shape index (κ3) is 36.4. The fraction of sp³-hybridized carbons (Fsp3) is 0.879. The standard InChI is InChI=1S/C29H57N3O4.2C2H6/c1-6-7-8-15-19-26(33)20-16-13-11-9-10-12-14-17-21-27(34)30-23-25-32(5)24-18-22-31-28(35)36-29(2,3)4;2*1-2/h13,16,26,33H,6-12,14-15,17-25H2,1-5H3,(H,30,34)(H,31,35);2*1-2H3/b16-13-;;. The van der Waals surface area contributed by atoms with Gasteiger partial charge in [0.25, 0.3) is 0 Å². The second kappa shape index (κ2) is 31.9. The molecule has 1 unspecified atom stereocenters. The zero-order chi connectivity index (χ0) is 31.1. The number of hydrogen-bond donors (Lipinski definition) is 3. The molecular formula is C33H69N3O4. The summed E-state index contributed by atoms with van der Waals surface area (Å²) in [7, 11) is 2.02. The molecule has 3 N–H and O–H groups in total. The first-order chi connectivity index (χ1) is 19.1. The highest BCUT2D eigenvalue weighted by Crippen LogP contribution is 2.10. The van der Waals surface area contributed by atoms with Gasteiger partial charge in [-0.15, -0.1) is 0 Å². The number of likely N-dealkylation sites (N-methyl/N-ethyl adjacent to an activating group) is 1. The lowest BCUT2D eigenvalue weighted by molar-refractivity contribution is -0.121. The van der Waals surface area contributed by atoms with Crippen molar-refractivity contribution in [3.8, 4) is 0 Å². The van der Waals surface area contributed by atoms with Crippen LogP contribution in [0.1, 0.15) is 145 Å². The molecule has 0 aromatic carbocycles. The van der Waals surface area contributed by atoms with Crippen molar-refractivity contribution in [1.82, 2.24) is 15.5 Å². The average molecular weight is 572 g/mol. The quantitative estimate of drug-likeness (QED) is 0.0904. The zero-order valence-corrected chi connectivity index (χ0v) is 28.1. The van der Waals surface area contributed by atoms with Gasteiger partial charge in [0.05, 0.1) is 6.10 Å². The van der Waals surface area contributed by atoms with E-state index in [1.165, 1.54) is 38.5 Å². The van der Waals surface area contributed by atoms with Crippen molar-refractivity contribution < 1.29 is 19.4 Å². The van der Waals surface area contributed by atoms with Crippen molar-refractivity contribution in [3.63, 3.8) is 0 Å². The number of aliphatic hydroxyl groups excluding tert-OH is 1. The highest BCUT2D eigenvalue weighted by molar-refractivity contribution is 5.75. The maximum Gasteiger partial charge on any atom is 0.407 e. The summed E-state index contributed by atoms with van der Waals surface area (Å²) in [6.07, 6.45) is 18.4. The lowest BCUT2D eigenvalue weighted by Gasteiger charge is -2.20. The molecule has 240 valence electrons. The molecule has 0 spiro atoms. The van der Waals surface area contributed by atoms with Crippen molar-refractivity contribution in [1.29, 1.82) is 0 Å². The summed E-state index contributed by atoms with van der Waals surface area (Å²) in [5, 5.41) is 15.7. The number of nitrogens with zero attached hydrogens (tertiary/aromatic N) is 1. The molecule has 0 aromatic rings. The predicted molar refractivity (Wildman–Crippen MR) is 173 cm³/mol. The number of ether oxygens (including phenoxy) is 1. The molecule has 0 aliphatic heterocycles. The van der Waals surface area contributed by atoms with Gasteiger partial charge in [0, 0.05) is 26.1 Å². The molecule has 0 bridgehead atoms. The lowest BCUT2D eigenvalue weighted by atomic mass is 10.1. The molecule has 0 rings (SSSR count). The van der Waals surface area contributed by atoms with Crippen molar-refractivity contribution in [2.24, 2.45) is 0 Å². The van der Waals surface area contributed by atoms with E-state index < -0.39 is 5.60 Å². The lowest BCUT2D eigenvalue weighted by Crippen LogP contribution is -2.36. The Labute approximate surface area is 249 Å². The van der Waals surface area contributed by atoms with Crippen molar-refractivity contribution in [2.75, 3.05) is 33.2 Å². The normalized spacial score (nSPS) is 11.8. The van der Waals surface area contributed by atoms with Crippen LogP contribution < -0.4 is 10.6 Å². The number of alkyl carbamates (subject to hydrolysis) is 1. The fourth-order valence-corrected chi connectivity index (χ4v) is 3.81. The Morgan fingerprint density at radius 1 is 0.825 bits per heavy atom. The Kier molecular flexibility index (Phi) is 34.2. The first-order valence-corrected chi connectivity index (χ1v) is 16.4. The Balaban J connectivity index is -0.00000326. The first-order valence-electron chi connectivity index (χ1n) is 16.4. The number of unbranched alkanes of at least 4 members (excludes halogenated alkanes) is 8. The van der Waals surface area contributed by atoms with Gasteiger partial charge in [0.2, 0.25) is 5.91 Å². The molecule has 0 radical (unpaired) electrons. The summed E-state index contributed by atoms with van der Waals surface area (Å²) in [5.41, 5.74) is -0.477. The number of carbonyl (C=O) groups excluding carboxylic acids is 2. The molecule has 0 heterocycles. The Bertz CT molecular complexity index is 577. The van der Waals surface area contributed by atoms with Gasteiger partial charge in [-0.2, -0.15) is 0 Å². The van der Waals surface area contributed by atoms with Crippen LogP contribution in [0.4, 0.5) is 4.79 Å². The highest BCUT2D eigenvalue weighted by Gasteiger charge is 2.15. The third-order valence-electron chi connectivity index (χ3n) is 5.94. The summed E-state index contributed by atoms with van der Waals surface area (Å²) in [6.45, 7) is 18.6. The van der Waals surface area contributed by atoms with Gasteiger partial charge in [-0.3, -0.25) is 4.79 Å². The Hall–Kier alpha value is -1.60. The van der Waals surface area contributed by atoms with Crippen LogP contribution in [-0.4, -0.2) is 66.9 Å². The molecule has 1 atom stereocenters. The first kappa shape index (κ1) is 42.9. The van der Waals surface area contributed by atoms with Gasteiger partial charge in [0.15, 0.2) is 0 Å². The van der Waals surface area contributed by atoms with Gasteiger partial charge in [-0.25, -0.2) is 4.79 Å². The average Bonchev–Trinajstić information content (AvgIpc) is 2.91. The van der Waals surface area contributed by atoms with Crippen LogP contribution in [0, 0.1) is 0 Å². The van der Waals surface area contributed by atoms with Gasteiger partial charge in [-0.05, 0) is 72.9 Å². The van der Waals surface area contributed by atoms with E-state index in [9.17, 15) is 14.7 Å². The number of rotatable bonds is 22. The molecular weight excluding hydrogens is 502 g/mol. The van der Waals surface area contributed by atoms with Gasteiger partial charge < -0.3 is 25.4 Å². The molecule has 0 aromatic heterocycles. The van der Waals surface area contributed by atoms with E-state index in [0.29, 0.717) is 19.5 Å². The van der Waals surface area contributed by atoms with Crippen LogP contribution >= 0.6 is 0 Å². The van der Waals surface area contributed by atoms with E-state index in [2.05, 4.69) is 34.6 Å². The van der Waals surface area contributed by atoms with Crippen molar-refractivity contribution in [3.05, 3.63) is 12.2 Å². The fourth-order valence-electron chi connectivity index (χ4n) is 3.81. The van der Waals surface area contributed by atoms with Crippen LogP contribution in [0.5, 0.6) is 0 Å². The SMILES string of the molecule is CC.CC.CCCCCCC(O)C/C=C\CCCCCCCC(=O)NCCN(C)CCCNC(=O)OC(C)(C)C. The molecule has 0 aliphatic rings. The number of nitrogens with one attached hydrogen (secondary N) is 2. The second-order valence-corrected chi connectivity index (χ2v) is 11.0. The number of allylic oxidation sites excluding steroid dienone is 1. The minimum atomic E-state index is -0.477. The van der Waals surface area contributed by atoms with Crippen LogP contribution in [0.15, 0.2) is 12.2 Å². The second-order valence-electron chi connectivity index (χ2n) is 11.0. The van der Waals surface area contributed by atoms with E-state index >= 15 is 0 Å². The van der Waals surface area contributed by atoms with E-state index in [1.54, 1.807) is 0 Å². The molecule has 40 heavy (non-hydrogen) atoms. The number of hydrogen-bond acceptors (Lipinski definition) is 5.